The number of hydrogen-bond acceptors (Lipinski definition) is 2. The lowest BCUT2D eigenvalue weighted by molar-refractivity contribution is -0.0552. The van der Waals surface area contributed by atoms with Crippen LogP contribution in [0, 0.1) is 5.92 Å². The number of aliphatic hydroxyl groups is 1. The Hall–Kier alpha value is -0.860. The van der Waals surface area contributed by atoms with Gasteiger partial charge in [-0.1, -0.05) is 43.2 Å². The van der Waals surface area contributed by atoms with Gasteiger partial charge in [0, 0.05) is 18.9 Å². The minimum atomic E-state index is -0.510. The van der Waals surface area contributed by atoms with Crippen molar-refractivity contribution >= 4 is 0 Å². The molecule has 0 saturated heterocycles. The summed E-state index contributed by atoms with van der Waals surface area (Å²) in [6, 6.07) is 10.4. The predicted molar refractivity (Wildman–Crippen MR) is 75.6 cm³/mol. The quantitative estimate of drug-likeness (QED) is 0.884. The fourth-order valence-electron chi connectivity index (χ4n) is 3.18. The maximum absolute atomic E-state index is 11.0. The van der Waals surface area contributed by atoms with Crippen molar-refractivity contribution in [2.24, 2.45) is 5.92 Å². The third-order valence-corrected chi connectivity index (χ3v) is 4.11. The molecule has 1 saturated carbocycles. The van der Waals surface area contributed by atoms with Gasteiger partial charge in [-0.05, 0) is 32.5 Å². The Kier molecular flexibility index (Phi) is 4.41. The molecule has 1 fully saturated rings. The minimum Gasteiger partial charge on any atom is -0.389 e. The molecule has 18 heavy (non-hydrogen) atoms. The fourth-order valence-corrected chi connectivity index (χ4v) is 3.18. The molecule has 0 spiro atoms. The van der Waals surface area contributed by atoms with E-state index in [1.807, 2.05) is 6.07 Å². The zero-order valence-electron chi connectivity index (χ0n) is 11.6. The van der Waals surface area contributed by atoms with Crippen molar-refractivity contribution in [2.75, 3.05) is 20.6 Å². The topological polar surface area (TPSA) is 23.5 Å². The highest BCUT2D eigenvalue weighted by Gasteiger charge is 2.38. The maximum Gasteiger partial charge on any atom is 0.0728 e. The van der Waals surface area contributed by atoms with E-state index < -0.39 is 5.60 Å². The van der Waals surface area contributed by atoms with Crippen LogP contribution in [0.25, 0.3) is 0 Å². The van der Waals surface area contributed by atoms with Crippen LogP contribution in [0.15, 0.2) is 30.3 Å². The Morgan fingerprint density at radius 1 is 1.22 bits per heavy atom. The van der Waals surface area contributed by atoms with Gasteiger partial charge in [-0.3, -0.25) is 0 Å². The molecule has 1 aromatic carbocycles. The second-order valence-electron chi connectivity index (χ2n) is 5.97. The lowest BCUT2D eigenvalue weighted by Crippen LogP contribution is -2.46. The third kappa shape index (κ3) is 3.33. The normalized spacial score (nSPS) is 28.6. The van der Waals surface area contributed by atoms with E-state index in [1.165, 1.54) is 12.0 Å². The SMILES string of the molecule is CN(C)CC1CCCCC1(O)Cc1ccccc1. The molecule has 0 radical (unpaired) electrons. The molecule has 2 atom stereocenters. The Labute approximate surface area is 111 Å². The number of nitrogens with zero attached hydrogens (tertiary/aromatic N) is 1. The third-order valence-electron chi connectivity index (χ3n) is 4.11. The van der Waals surface area contributed by atoms with Crippen LogP contribution in [0.4, 0.5) is 0 Å². The minimum absolute atomic E-state index is 0.404. The molecule has 0 heterocycles. The van der Waals surface area contributed by atoms with Gasteiger partial charge in [0.15, 0.2) is 0 Å². The van der Waals surface area contributed by atoms with Crippen LogP contribution in [0.5, 0.6) is 0 Å². The Morgan fingerprint density at radius 3 is 2.61 bits per heavy atom. The van der Waals surface area contributed by atoms with E-state index >= 15 is 0 Å². The first kappa shape index (κ1) is 13.6. The Bertz CT molecular complexity index is 363. The second kappa shape index (κ2) is 5.85. The standard InChI is InChI=1S/C16H25NO/c1-17(2)13-15-10-6-7-11-16(15,18)12-14-8-4-3-5-9-14/h3-5,8-9,15,18H,6-7,10-13H2,1-2H3. The molecule has 1 N–H and O–H groups in total. The molecule has 0 bridgehead atoms. The molecule has 1 aliphatic rings. The van der Waals surface area contributed by atoms with E-state index in [2.05, 4.69) is 43.3 Å². The van der Waals surface area contributed by atoms with E-state index in [-0.39, 0.29) is 0 Å². The van der Waals surface area contributed by atoms with Crippen LogP contribution in [0.1, 0.15) is 31.2 Å². The van der Waals surface area contributed by atoms with Gasteiger partial charge in [0.25, 0.3) is 0 Å². The summed E-state index contributed by atoms with van der Waals surface area (Å²) in [6.07, 6.45) is 5.32. The van der Waals surface area contributed by atoms with Gasteiger partial charge < -0.3 is 10.0 Å². The summed E-state index contributed by atoms with van der Waals surface area (Å²) >= 11 is 0. The van der Waals surface area contributed by atoms with Crippen LogP contribution < -0.4 is 0 Å². The molecule has 1 aromatic rings. The molecular weight excluding hydrogens is 222 g/mol. The molecule has 2 unspecified atom stereocenters. The largest absolute Gasteiger partial charge is 0.389 e. The van der Waals surface area contributed by atoms with Gasteiger partial charge in [-0.25, -0.2) is 0 Å². The zero-order valence-corrected chi connectivity index (χ0v) is 11.6. The van der Waals surface area contributed by atoms with Crippen LogP contribution in [-0.2, 0) is 6.42 Å². The molecule has 2 rings (SSSR count). The average molecular weight is 247 g/mol. The van der Waals surface area contributed by atoms with Gasteiger partial charge in [0.1, 0.15) is 0 Å². The van der Waals surface area contributed by atoms with E-state index in [1.54, 1.807) is 0 Å². The highest BCUT2D eigenvalue weighted by atomic mass is 16.3. The van der Waals surface area contributed by atoms with Crippen molar-refractivity contribution in [1.29, 1.82) is 0 Å². The predicted octanol–water partition coefficient (Wildman–Crippen LogP) is 2.71. The molecule has 0 aliphatic heterocycles. The molecule has 0 aromatic heterocycles. The van der Waals surface area contributed by atoms with Crippen molar-refractivity contribution in [1.82, 2.24) is 4.90 Å². The van der Waals surface area contributed by atoms with Gasteiger partial charge >= 0.3 is 0 Å². The van der Waals surface area contributed by atoms with E-state index in [0.717, 1.165) is 32.2 Å². The number of benzene rings is 1. The molecule has 0 amide bonds. The lowest BCUT2D eigenvalue weighted by atomic mass is 9.72. The van der Waals surface area contributed by atoms with Crippen LogP contribution >= 0.6 is 0 Å². The van der Waals surface area contributed by atoms with Crippen molar-refractivity contribution in [3.63, 3.8) is 0 Å². The zero-order chi connectivity index (χ0) is 13.0. The molecular formula is C16H25NO. The van der Waals surface area contributed by atoms with Crippen molar-refractivity contribution in [3.05, 3.63) is 35.9 Å². The average Bonchev–Trinajstić information content (AvgIpc) is 2.33. The van der Waals surface area contributed by atoms with E-state index in [9.17, 15) is 5.11 Å². The van der Waals surface area contributed by atoms with Crippen LogP contribution in [-0.4, -0.2) is 36.2 Å². The summed E-state index contributed by atoms with van der Waals surface area (Å²) in [5.74, 6) is 0.404. The number of hydrogen-bond donors (Lipinski definition) is 1. The van der Waals surface area contributed by atoms with Gasteiger partial charge in [-0.15, -0.1) is 0 Å². The maximum atomic E-state index is 11.0. The fraction of sp³-hybridized carbons (Fsp3) is 0.625. The summed E-state index contributed by atoms with van der Waals surface area (Å²) in [4.78, 5) is 2.20. The highest BCUT2D eigenvalue weighted by molar-refractivity contribution is 5.18. The lowest BCUT2D eigenvalue weighted by Gasteiger charge is -2.41. The molecule has 2 heteroatoms. The highest BCUT2D eigenvalue weighted by Crippen LogP contribution is 2.36. The first-order chi connectivity index (χ1) is 8.60. The van der Waals surface area contributed by atoms with Gasteiger partial charge in [0.05, 0.1) is 5.60 Å². The van der Waals surface area contributed by atoms with Gasteiger partial charge in [0.2, 0.25) is 0 Å². The summed E-state index contributed by atoms with van der Waals surface area (Å²) < 4.78 is 0. The van der Waals surface area contributed by atoms with Crippen molar-refractivity contribution < 1.29 is 5.11 Å². The van der Waals surface area contributed by atoms with Crippen LogP contribution in [0.2, 0.25) is 0 Å². The summed E-state index contributed by atoms with van der Waals surface area (Å²) in [7, 11) is 4.19. The molecule has 100 valence electrons. The van der Waals surface area contributed by atoms with Crippen molar-refractivity contribution in [2.45, 2.75) is 37.7 Å². The summed E-state index contributed by atoms with van der Waals surface area (Å²) in [5.41, 5.74) is 0.745. The Morgan fingerprint density at radius 2 is 1.94 bits per heavy atom. The molecule has 1 aliphatic carbocycles. The second-order valence-corrected chi connectivity index (χ2v) is 5.97. The first-order valence-corrected chi connectivity index (χ1v) is 7.01. The van der Waals surface area contributed by atoms with E-state index in [4.69, 9.17) is 0 Å². The smallest absolute Gasteiger partial charge is 0.0728 e. The van der Waals surface area contributed by atoms with Crippen LogP contribution in [0.3, 0.4) is 0 Å². The van der Waals surface area contributed by atoms with Crippen molar-refractivity contribution in [3.8, 4) is 0 Å². The van der Waals surface area contributed by atoms with E-state index in [0.29, 0.717) is 5.92 Å². The monoisotopic (exact) mass is 247 g/mol. The first-order valence-electron chi connectivity index (χ1n) is 7.01. The summed E-state index contributed by atoms with van der Waals surface area (Å²) in [5, 5.41) is 11.0. The molecule has 2 nitrogen and oxygen atoms in total. The van der Waals surface area contributed by atoms with Gasteiger partial charge in [-0.2, -0.15) is 0 Å². The summed E-state index contributed by atoms with van der Waals surface area (Å²) in [6.45, 7) is 0.989. The Balaban J connectivity index is 2.10. The number of rotatable bonds is 4.